The minimum atomic E-state index is -0.255. The first-order valence-electron chi connectivity index (χ1n) is 8.26. The molecular weight excluding hydrogens is 338 g/mol. The van der Waals surface area contributed by atoms with Crippen molar-refractivity contribution in [3.8, 4) is 0 Å². The first-order chi connectivity index (χ1) is 12.2. The van der Waals surface area contributed by atoms with Gasteiger partial charge in [-0.15, -0.1) is 11.3 Å². The van der Waals surface area contributed by atoms with Crippen LogP contribution < -0.4 is 5.32 Å². The van der Waals surface area contributed by atoms with Gasteiger partial charge in [-0.05, 0) is 42.3 Å². The van der Waals surface area contributed by atoms with Crippen LogP contribution in [0.5, 0.6) is 0 Å². The molecule has 4 rings (SSSR count). The van der Waals surface area contributed by atoms with Crippen molar-refractivity contribution < 1.29 is 14.3 Å². The van der Waals surface area contributed by atoms with Crippen molar-refractivity contribution >= 4 is 17.2 Å². The van der Waals surface area contributed by atoms with Crippen LogP contribution >= 0.6 is 11.3 Å². The van der Waals surface area contributed by atoms with E-state index in [9.17, 15) is 9.90 Å². The Hall–Kier alpha value is -2.38. The second kappa shape index (κ2) is 6.85. The quantitative estimate of drug-likeness (QED) is 0.711. The van der Waals surface area contributed by atoms with E-state index < -0.39 is 0 Å². The lowest BCUT2D eigenvalue weighted by Gasteiger charge is -2.37. The van der Waals surface area contributed by atoms with Crippen molar-refractivity contribution in [1.82, 2.24) is 14.9 Å². The maximum atomic E-state index is 12.6. The Morgan fingerprint density at radius 1 is 1.44 bits per heavy atom. The fraction of sp³-hybridized carbons (Fsp3) is 0.333. The predicted molar refractivity (Wildman–Crippen MR) is 93.3 cm³/mol. The van der Waals surface area contributed by atoms with Gasteiger partial charge in [0.15, 0.2) is 5.76 Å². The molecule has 1 atom stereocenters. The molecule has 0 saturated heterocycles. The zero-order chi connectivity index (χ0) is 17.2. The maximum absolute atomic E-state index is 12.6. The number of carbonyl (C=O) groups is 1. The van der Waals surface area contributed by atoms with Gasteiger partial charge in [0.2, 0.25) is 0 Å². The highest BCUT2D eigenvalue weighted by molar-refractivity contribution is 7.10. The van der Waals surface area contributed by atoms with Gasteiger partial charge < -0.3 is 19.4 Å². The molecule has 0 radical (unpaired) electrons. The molecule has 0 aromatic carbocycles. The molecule has 130 valence electrons. The number of hydrogen-bond donors (Lipinski definition) is 2. The third kappa shape index (κ3) is 3.52. The molecule has 6 nitrogen and oxygen atoms in total. The summed E-state index contributed by atoms with van der Waals surface area (Å²) >= 11 is 1.62. The third-order valence-corrected chi connectivity index (χ3v) is 5.50. The summed E-state index contributed by atoms with van der Waals surface area (Å²) in [7, 11) is 0. The molecule has 0 aliphatic heterocycles. The van der Waals surface area contributed by atoms with E-state index in [4.69, 9.17) is 4.42 Å². The second-order valence-corrected chi connectivity index (χ2v) is 7.33. The monoisotopic (exact) mass is 357 g/mol. The van der Waals surface area contributed by atoms with Crippen LogP contribution in [0.15, 0.2) is 52.8 Å². The highest BCUT2D eigenvalue weighted by Gasteiger charge is 2.36. The van der Waals surface area contributed by atoms with Gasteiger partial charge in [0.1, 0.15) is 5.76 Å². The lowest BCUT2D eigenvalue weighted by atomic mass is 9.76. The summed E-state index contributed by atoms with van der Waals surface area (Å²) in [6.07, 6.45) is 6.43. The first-order valence-corrected chi connectivity index (χ1v) is 9.14. The Morgan fingerprint density at radius 3 is 3.00 bits per heavy atom. The van der Waals surface area contributed by atoms with Crippen molar-refractivity contribution in [2.75, 3.05) is 0 Å². The lowest BCUT2D eigenvalue weighted by Crippen LogP contribution is -2.41. The molecule has 3 aromatic rings. The average Bonchev–Trinajstić information content (AvgIpc) is 3.31. The molecule has 1 saturated carbocycles. The molecule has 0 unspecified atom stereocenters. The van der Waals surface area contributed by atoms with Crippen molar-refractivity contribution in [3.63, 3.8) is 0 Å². The Labute approximate surface area is 149 Å². The minimum Gasteiger partial charge on any atom is -0.454 e. The summed E-state index contributed by atoms with van der Waals surface area (Å²) in [5, 5.41) is 14.7. The summed E-state index contributed by atoms with van der Waals surface area (Å²) in [6.45, 7) is 0.538. The van der Waals surface area contributed by atoms with Gasteiger partial charge >= 0.3 is 0 Å². The fourth-order valence-electron chi connectivity index (χ4n) is 3.15. The summed E-state index contributed by atoms with van der Waals surface area (Å²) in [4.78, 5) is 17.7. The summed E-state index contributed by atoms with van der Waals surface area (Å²) < 4.78 is 7.56. The van der Waals surface area contributed by atoms with Crippen LogP contribution in [-0.2, 0) is 6.54 Å². The number of furan rings is 1. The fourth-order valence-corrected chi connectivity index (χ4v) is 4.02. The number of nitrogens with zero attached hydrogens (tertiary/aromatic N) is 2. The largest absolute Gasteiger partial charge is 0.454 e. The van der Waals surface area contributed by atoms with Crippen LogP contribution in [0.25, 0.3) is 0 Å². The number of aliphatic hydroxyl groups excluding tert-OH is 1. The topological polar surface area (TPSA) is 80.3 Å². The Balaban J connectivity index is 1.45. The first kappa shape index (κ1) is 16.1. The Bertz CT molecular complexity index is 820. The van der Waals surface area contributed by atoms with Crippen molar-refractivity contribution in [2.45, 2.75) is 31.5 Å². The molecule has 2 N–H and O–H groups in total. The number of thiophene rings is 1. The second-order valence-electron chi connectivity index (χ2n) is 6.35. The normalized spacial score (nSPS) is 20.8. The predicted octanol–water partition coefficient (Wildman–Crippen LogP) is 2.83. The van der Waals surface area contributed by atoms with Gasteiger partial charge in [-0.25, -0.2) is 4.98 Å². The van der Waals surface area contributed by atoms with Crippen molar-refractivity contribution in [3.05, 3.63) is 64.8 Å². The van der Waals surface area contributed by atoms with Crippen LogP contribution in [0.4, 0.5) is 0 Å². The van der Waals surface area contributed by atoms with E-state index in [0.29, 0.717) is 30.9 Å². The number of hydrogen-bond acceptors (Lipinski definition) is 5. The lowest BCUT2D eigenvalue weighted by molar-refractivity contribution is 0.0238. The van der Waals surface area contributed by atoms with Gasteiger partial charge in [0.05, 0.1) is 25.0 Å². The number of rotatable bonds is 6. The number of aliphatic hydroxyl groups is 1. The number of aromatic nitrogens is 2. The van der Waals surface area contributed by atoms with E-state index in [0.717, 1.165) is 4.88 Å². The van der Waals surface area contributed by atoms with Crippen molar-refractivity contribution in [2.24, 2.45) is 5.92 Å². The zero-order valence-electron chi connectivity index (χ0n) is 13.5. The van der Waals surface area contributed by atoms with E-state index >= 15 is 0 Å². The van der Waals surface area contributed by atoms with Crippen LogP contribution in [0, 0.1) is 5.92 Å². The van der Waals surface area contributed by atoms with Gasteiger partial charge in [0, 0.05) is 17.3 Å². The summed E-state index contributed by atoms with van der Waals surface area (Å²) in [5.74, 6) is 1.04. The highest BCUT2D eigenvalue weighted by Crippen LogP contribution is 2.39. The molecule has 1 aliphatic rings. The number of carbonyl (C=O) groups excluding carboxylic acids is 1. The third-order valence-electron chi connectivity index (χ3n) is 4.54. The van der Waals surface area contributed by atoms with E-state index in [1.807, 2.05) is 34.3 Å². The summed E-state index contributed by atoms with van der Waals surface area (Å²) in [6, 6.07) is 7.42. The Kier molecular flexibility index (Phi) is 4.42. The van der Waals surface area contributed by atoms with Gasteiger partial charge in [-0.1, -0.05) is 6.07 Å². The molecule has 7 heteroatoms. The van der Waals surface area contributed by atoms with E-state index in [1.165, 1.54) is 0 Å². The van der Waals surface area contributed by atoms with Crippen LogP contribution in [0.2, 0.25) is 0 Å². The Morgan fingerprint density at radius 2 is 2.32 bits per heavy atom. The molecule has 3 heterocycles. The van der Waals surface area contributed by atoms with Crippen LogP contribution in [0.1, 0.15) is 40.1 Å². The van der Waals surface area contributed by atoms with Crippen molar-refractivity contribution in [1.29, 1.82) is 0 Å². The number of amides is 1. The summed E-state index contributed by atoms with van der Waals surface area (Å²) in [5.41, 5.74) is 0. The van der Waals surface area contributed by atoms with Crippen LogP contribution in [-0.4, -0.2) is 26.7 Å². The average molecular weight is 357 g/mol. The smallest absolute Gasteiger partial charge is 0.287 e. The van der Waals surface area contributed by atoms with E-state index in [-0.39, 0.29) is 24.0 Å². The molecule has 3 aromatic heterocycles. The molecule has 0 bridgehead atoms. The van der Waals surface area contributed by atoms with Gasteiger partial charge in [-0.2, -0.15) is 0 Å². The van der Waals surface area contributed by atoms with E-state index in [1.54, 1.807) is 29.9 Å². The highest BCUT2D eigenvalue weighted by atomic mass is 32.1. The van der Waals surface area contributed by atoms with Gasteiger partial charge in [0.25, 0.3) is 5.91 Å². The van der Waals surface area contributed by atoms with Gasteiger partial charge in [-0.3, -0.25) is 4.79 Å². The maximum Gasteiger partial charge on any atom is 0.287 e. The molecule has 0 spiro atoms. The number of imidazole rings is 1. The van der Waals surface area contributed by atoms with E-state index in [2.05, 4.69) is 10.3 Å². The SMILES string of the molecule is O=C(N[C@@H](c1cccs1)C1CC(O)C1)c1ccc(Cn2ccnc2)o1. The standard InChI is InChI=1S/C18H19N3O3S/c22-13-8-12(9-13)17(16-2-1-7-25-16)20-18(23)15-4-3-14(24-15)10-21-6-5-19-11-21/h1-7,11-13,17,22H,8-10H2,(H,20,23)/t12?,13?,17-/m1/s1. The molecule has 1 fully saturated rings. The molecule has 1 aliphatic carbocycles. The van der Waals surface area contributed by atoms with Crippen LogP contribution in [0.3, 0.4) is 0 Å². The zero-order valence-corrected chi connectivity index (χ0v) is 14.4. The molecular formula is C18H19N3O3S. The minimum absolute atomic E-state index is 0.0851. The molecule has 1 amide bonds. The molecule has 25 heavy (non-hydrogen) atoms. The number of nitrogens with one attached hydrogen (secondary N) is 1.